The van der Waals surface area contributed by atoms with Gasteiger partial charge in [-0.3, -0.25) is 4.79 Å². The number of carboxylic acid groups (broad SMARTS) is 1. The van der Waals surface area contributed by atoms with Crippen LogP contribution in [0.1, 0.15) is 0 Å². The summed E-state index contributed by atoms with van der Waals surface area (Å²) in [6.07, 6.45) is -9.45. The van der Waals surface area contributed by atoms with Crippen LogP contribution in [0, 0.1) is 0 Å². The predicted molar refractivity (Wildman–Crippen MR) is 105 cm³/mol. The van der Waals surface area contributed by atoms with Crippen molar-refractivity contribution >= 4 is 16.9 Å². The SMILES string of the molecule is O=C(O)[C@H]1OC(Oc2c(-c3ccccc3)oc3cccc(O)c3c2=O)[C@H](O)[C@@H](O)[C@@H]1O. The smallest absolute Gasteiger partial charge is 0.335 e. The molecule has 1 aliphatic heterocycles. The molecule has 162 valence electrons. The Labute approximate surface area is 174 Å². The Balaban J connectivity index is 1.86. The van der Waals surface area contributed by atoms with Crippen molar-refractivity contribution in [1.29, 1.82) is 0 Å². The monoisotopic (exact) mass is 430 g/mol. The Hall–Kier alpha value is -3.44. The highest BCUT2D eigenvalue weighted by Gasteiger charge is 2.48. The zero-order valence-electron chi connectivity index (χ0n) is 15.8. The zero-order valence-corrected chi connectivity index (χ0v) is 15.8. The predicted octanol–water partition coefficient (Wildman–Crippen LogP) is 0.437. The summed E-state index contributed by atoms with van der Waals surface area (Å²) in [4.78, 5) is 24.5. The van der Waals surface area contributed by atoms with E-state index in [-0.39, 0.29) is 22.5 Å². The number of ether oxygens (including phenoxy) is 2. The van der Waals surface area contributed by atoms with Gasteiger partial charge < -0.3 is 39.4 Å². The molecule has 1 aromatic heterocycles. The second kappa shape index (κ2) is 8.00. The Morgan fingerprint density at radius 2 is 1.65 bits per heavy atom. The van der Waals surface area contributed by atoms with Crippen LogP contribution < -0.4 is 10.2 Å². The molecule has 0 radical (unpaired) electrons. The van der Waals surface area contributed by atoms with Crippen molar-refractivity contribution in [3.63, 3.8) is 0 Å². The summed E-state index contributed by atoms with van der Waals surface area (Å²) in [5.41, 5.74) is -0.317. The Morgan fingerprint density at radius 1 is 0.935 bits per heavy atom. The molecule has 0 aliphatic carbocycles. The van der Waals surface area contributed by atoms with Crippen molar-refractivity contribution < 1.29 is 44.2 Å². The van der Waals surface area contributed by atoms with E-state index in [1.807, 2.05) is 0 Å². The van der Waals surface area contributed by atoms with Crippen molar-refractivity contribution in [2.75, 3.05) is 0 Å². The summed E-state index contributed by atoms with van der Waals surface area (Å²) in [5, 5.41) is 49.3. The number of aliphatic hydroxyl groups is 3. The van der Waals surface area contributed by atoms with Gasteiger partial charge in [-0.25, -0.2) is 4.79 Å². The number of hydrogen-bond donors (Lipinski definition) is 5. The molecule has 5 N–H and O–H groups in total. The average Bonchev–Trinajstić information content (AvgIpc) is 2.75. The molecule has 0 spiro atoms. The van der Waals surface area contributed by atoms with Gasteiger partial charge in [0.05, 0.1) is 0 Å². The maximum atomic E-state index is 13.2. The van der Waals surface area contributed by atoms with Crippen LogP contribution in [0.15, 0.2) is 57.7 Å². The molecule has 2 heterocycles. The molecule has 10 heteroatoms. The van der Waals surface area contributed by atoms with Gasteiger partial charge in [-0.2, -0.15) is 0 Å². The highest BCUT2D eigenvalue weighted by molar-refractivity contribution is 5.87. The lowest BCUT2D eigenvalue weighted by molar-refractivity contribution is -0.271. The van der Waals surface area contributed by atoms with Crippen LogP contribution in [0.5, 0.6) is 11.5 Å². The number of fused-ring (bicyclic) bond motifs is 1. The van der Waals surface area contributed by atoms with Gasteiger partial charge in [0.1, 0.15) is 35.0 Å². The third-order valence-corrected chi connectivity index (χ3v) is 4.94. The Bertz CT molecular complexity index is 1170. The van der Waals surface area contributed by atoms with Gasteiger partial charge >= 0.3 is 5.97 Å². The summed E-state index contributed by atoms with van der Waals surface area (Å²) >= 11 is 0. The van der Waals surface area contributed by atoms with Crippen LogP contribution in [-0.4, -0.2) is 62.2 Å². The summed E-state index contributed by atoms with van der Waals surface area (Å²) in [6.45, 7) is 0. The first kappa shape index (κ1) is 20.8. The van der Waals surface area contributed by atoms with Crippen LogP contribution in [0.4, 0.5) is 0 Å². The average molecular weight is 430 g/mol. The standard InChI is InChI=1S/C21H18O10/c22-10-7-4-8-11-12(10)13(23)18(17(29-11)9-5-2-1-3-6-9)30-21-16(26)14(24)15(25)19(31-21)20(27)28/h1-8,14-16,19,21-22,24-26H,(H,27,28)/t14-,15-,16+,19-,21?/m0/s1. The molecule has 0 amide bonds. The van der Waals surface area contributed by atoms with E-state index in [1.54, 1.807) is 30.3 Å². The van der Waals surface area contributed by atoms with Crippen molar-refractivity contribution in [3.8, 4) is 22.8 Å². The van der Waals surface area contributed by atoms with Gasteiger partial charge in [-0.05, 0) is 12.1 Å². The van der Waals surface area contributed by atoms with Gasteiger partial charge in [-0.15, -0.1) is 0 Å². The molecule has 2 aromatic carbocycles. The minimum absolute atomic E-state index is 0.0630. The largest absolute Gasteiger partial charge is 0.507 e. The molecular formula is C21H18O10. The number of benzene rings is 2. The molecule has 1 saturated heterocycles. The van der Waals surface area contributed by atoms with E-state index in [0.717, 1.165) is 0 Å². The Kier molecular flexibility index (Phi) is 5.38. The minimum Gasteiger partial charge on any atom is -0.507 e. The number of rotatable bonds is 4. The van der Waals surface area contributed by atoms with E-state index in [4.69, 9.17) is 13.9 Å². The van der Waals surface area contributed by atoms with E-state index < -0.39 is 47.9 Å². The minimum atomic E-state index is -1.92. The van der Waals surface area contributed by atoms with Gasteiger partial charge in [0.25, 0.3) is 0 Å². The molecule has 5 atom stereocenters. The van der Waals surface area contributed by atoms with Crippen molar-refractivity contribution in [2.24, 2.45) is 0 Å². The van der Waals surface area contributed by atoms with Gasteiger partial charge in [0.15, 0.2) is 11.9 Å². The van der Waals surface area contributed by atoms with E-state index >= 15 is 0 Å². The molecule has 1 unspecified atom stereocenters. The van der Waals surface area contributed by atoms with E-state index in [2.05, 4.69) is 0 Å². The topological polar surface area (TPSA) is 167 Å². The lowest BCUT2D eigenvalue weighted by atomic mass is 9.99. The second-order valence-corrected chi connectivity index (χ2v) is 6.96. The van der Waals surface area contributed by atoms with Crippen LogP contribution in [0.25, 0.3) is 22.3 Å². The third kappa shape index (κ3) is 3.62. The highest BCUT2D eigenvalue weighted by Crippen LogP contribution is 2.35. The lowest BCUT2D eigenvalue weighted by Crippen LogP contribution is -2.61. The molecular weight excluding hydrogens is 412 g/mol. The number of phenolic OH excluding ortho intramolecular Hbond substituents is 1. The fourth-order valence-corrected chi connectivity index (χ4v) is 3.36. The molecule has 1 fully saturated rings. The summed E-state index contributed by atoms with van der Waals surface area (Å²) in [7, 11) is 0. The number of aliphatic hydroxyl groups excluding tert-OH is 3. The molecule has 31 heavy (non-hydrogen) atoms. The van der Waals surface area contributed by atoms with Gasteiger partial charge in [-0.1, -0.05) is 36.4 Å². The van der Waals surface area contributed by atoms with Gasteiger partial charge in [0.2, 0.25) is 17.5 Å². The Morgan fingerprint density at radius 3 is 2.32 bits per heavy atom. The summed E-state index contributed by atoms with van der Waals surface area (Å²) in [5.74, 6) is -2.51. The molecule has 0 saturated carbocycles. The maximum absolute atomic E-state index is 13.2. The van der Waals surface area contributed by atoms with E-state index in [1.165, 1.54) is 18.2 Å². The number of phenols is 1. The van der Waals surface area contributed by atoms with E-state index in [0.29, 0.717) is 5.56 Å². The molecule has 4 rings (SSSR count). The van der Waals surface area contributed by atoms with Crippen molar-refractivity contribution in [2.45, 2.75) is 30.7 Å². The molecule has 3 aromatic rings. The number of carboxylic acids is 1. The van der Waals surface area contributed by atoms with Crippen molar-refractivity contribution in [1.82, 2.24) is 0 Å². The first-order chi connectivity index (χ1) is 14.8. The number of hydrogen-bond acceptors (Lipinski definition) is 9. The normalized spacial score (nSPS) is 26.0. The molecule has 10 nitrogen and oxygen atoms in total. The molecule has 0 bridgehead atoms. The highest BCUT2D eigenvalue weighted by atomic mass is 16.7. The van der Waals surface area contributed by atoms with E-state index in [9.17, 15) is 35.1 Å². The quantitative estimate of drug-likeness (QED) is 0.392. The zero-order chi connectivity index (χ0) is 22.3. The summed E-state index contributed by atoms with van der Waals surface area (Å²) < 4.78 is 16.4. The first-order valence-electron chi connectivity index (χ1n) is 9.23. The number of aliphatic carboxylic acids is 1. The summed E-state index contributed by atoms with van der Waals surface area (Å²) in [6, 6.07) is 12.6. The fourth-order valence-electron chi connectivity index (χ4n) is 3.36. The molecule has 1 aliphatic rings. The van der Waals surface area contributed by atoms with Crippen molar-refractivity contribution in [3.05, 3.63) is 58.8 Å². The van der Waals surface area contributed by atoms with Crippen LogP contribution in [0.3, 0.4) is 0 Å². The third-order valence-electron chi connectivity index (χ3n) is 4.94. The van der Waals surface area contributed by atoms with Crippen LogP contribution in [-0.2, 0) is 9.53 Å². The first-order valence-corrected chi connectivity index (χ1v) is 9.23. The second-order valence-electron chi connectivity index (χ2n) is 6.96. The fraction of sp³-hybridized carbons (Fsp3) is 0.238. The lowest BCUT2D eigenvalue weighted by Gasteiger charge is -2.38. The number of aromatic hydroxyl groups is 1. The maximum Gasteiger partial charge on any atom is 0.335 e. The van der Waals surface area contributed by atoms with Crippen LogP contribution in [0.2, 0.25) is 0 Å². The van der Waals surface area contributed by atoms with Crippen LogP contribution >= 0.6 is 0 Å². The number of carbonyl (C=O) groups is 1. The van der Waals surface area contributed by atoms with Gasteiger partial charge in [0, 0.05) is 5.56 Å².